The maximum absolute atomic E-state index is 11.7. The number of carbonyl (C=O) groups excluding carboxylic acids is 1. The van der Waals surface area contributed by atoms with E-state index in [9.17, 15) is 20.0 Å². The van der Waals surface area contributed by atoms with Gasteiger partial charge in [0.2, 0.25) is 5.91 Å². The number of benzene rings is 1. The molecule has 9 heteroatoms. The van der Waals surface area contributed by atoms with E-state index in [-0.39, 0.29) is 30.3 Å². The number of hydrogen-bond acceptors (Lipinski definition) is 6. The van der Waals surface area contributed by atoms with Crippen molar-refractivity contribution in [2.75, 3.05) is 0 Å². The smallest absolute Gasteiger partial charge is 0.306 e. The Balaban J connectivity index is 1.85. The molecule has 0 saturated carbocycles. The molecule has 0 fully saturated rings. The van der Waals surface area contributed by atoms with Crippen molar-refractivity contribution in [1.29, 1.82) is 0 Å². The Kier molecular flexibility index (Phi) is 5.03. The molecule has 1 heterocycles. The molecule has 0 aliphatic carbocycles. The van der Waals surface area contributed by atoms with Crippen molar-refractivity contribution in [3.05, 3.63) is 52.3 Å². The van der Waals surface area contributed by atoms with E-state index in [1.807, 2.05) is 0 Å². The van der Waals surface area contributed by atoms with E-state index in [0.29, 0.717) is 5.71 Å². The topological polar surface area (TPSA) is 123 Å². The maximum Gasteiger partial charge on any atom is 0.306 e. The lowest BCUT2D eigenvalue weighted by Gasteiger charge is -2.03. The van der Waals surface area contributed by atoms with E-state index in [4.69, 9.17) is 0 Å². The molecule has 1 aromatic heterocycles. The Hall–Kier alpha value is -3.23. The molecule has 2 rings (SSSR count). The number of amides is 1. The number of hydrogen-bond donors (Lipinski definition) is 2. The summed E-state index contributed by atoms with van der Waals surface area (Å²) in [6.07, 6.45) is 2.48. The summed E-state index contributed by atoms with van der Waals surface area (Å²) in [4.78, 5) is 21.7. The van der Waals surface area contributed by atoms with E-state index in [0.717, 1.165) is 11.8 Å². The molecule has 0 aliphatic heterocycles. The number of hydrazone groups is 1. The van der Waals surface area contributed by atoms with Crippen LogP contribution >= 0.6 is 0 Å². The molecule has 0 spiro atoms. The Labute approximate surface area is 131 Å². The highest BCUT2D eigenvalue weighted by molar-refractivity contribution is 5.99. The first-order valence-electron chi connectivity index (χ1n) is 6.75. The number of phenolic OH excluding ortho intramolecular Hbond substituents is 1. The minimum absolute atomic E-state index is 0.0885. The van der Waals surface area contributed by atoms with Crippen LogP contribution in [0.1, 0.15) is 18.9 Å². The SMILES string of the molecule is C/C(=N/NC(=O)CCn1cc([N+](=O)[O-])cn1)c1ccc(O)cc1. The molecule has 0 bridgehead atoms. The van der Waals surface area contributed by atoms with Gasteiger partial charge in [0, 0.05) is 6.42 Å². The van der Waals surface area contributed by atoms with Crippen molar-refractivity contribution in [3.63, 3.8) is 0 Å². The zero-order chi connectivity index (χ0) is 16.8. The van der Waals surface area contributed by atoms with Gasteiger partial charge in [0.25, 0.3) is 0 Å². The summed E-state index contributed by atoms with van der Waals surface area (Å²) < 4.78 is 1.33. The lowest BCUT2D eigenvalue weighted by molar-refractivity contribution is -0.385. The molecule has 0 aliphatic rings. The largest absolute Gasteiger partial charge is 0.508 e. The predicted molar refractivity (Wildman–Crippen MR) is 82.0 cm³/mol. The minimum Gasteiger partial charge on any atom is -0.508 e. The highest BCUT2D eigenvalue weighted by Gasteiger charge is 2.09. The minimum atomic E-state index is -0.547. The molecular formula is C14H15N5O4. The van der Waals surface area contributed by atoms with Gasteiger partial charge in [0.05, 0.1) is 17.2 Å². The first kappa shape index (κ1) is 16.1. The number of rotatable bonds is 6. The number of nitrogens with zero attached hydrogens (tertiary/aromatic N) is 4. The van der Waals surface area contributed by atoms with Gasteiger partial charge < -0.3 is 5.11 Å². The molecule has 0 unspecified atom stereocenters. The van der Waals surface area contributed by atoms with E-state index < -0.39 is 4.92 Å². The molecular weight excluding hydrogens is 302 g/mol. The summed E-state index contributed by atoms with van der Waals surface area (Å²) in [5.41, 5.74) is 3.65. The average molecular weight is 317 g/mol. The number of nitrogens with one attached hydrogen (secondary N) is 1. The van der Waals surface area contributed by atoms with Crippen LogP contribution in [0.15, 0.2) is 41.8 Å². The summed E-state index contributed by atoms with van der Waals surface area (Å²) in [6, 6.07) is 6.42. The fourth-order valence-corrected chi connectivity index (χ4v) is 1.75. The van der Waals surface area contributed by atoms with Gasteiger partial charge in [-0.1, -0.05) is 0 Å². The average Bonchev–Trinajstić information content (AvgIpc) is 3.00. The second-order valence-corrected chi connectivity index (χ2v) is 4.75. The highest BCUT2D eigenvalue weighted by atomic mass is 16.6. The van der Waals surface area contributed by atoms with Crippen molar-refractivity contribution < 1.29 is 14.8 Å². The van der Waals surface area contributed by atoms with E-state index in [1.165, 1.54) is 23.0 Å². The van der Waals surface area contributed by atoms with Crippen molar-refractivity contribution in [1.82, 2.24) is 15.2 Å². The predicted octanol–water partition coefficient (Wildman–Crippen LogP) is 1.43. The summed E-state index contributed by atoms with van der Waals surface area (Å²) in [6.45, 7) is 1.94. The molecule has 1 aromatic carbocycles. The van der Waals surface area contributed by atoms with Crippen LogP contribution in [0.4, 0.5) is 5.69 Å². The lowest BCUT2D eigenvalue weighted by atomic mass is 10.1. The van der Waals surface area contributed by atoms with Gasteiger partial charge in [-0.25, -0.2) is 5.43 Å². The van der Waals surface area contributed by atoms with Crippen LogP contribution < -0.4 is 5.43 Å². The third-order valence-corrected chi connectivity index (χ3v) is 3.03. The standard InChI is InChI=1S/C14H15N5O4/c1-10(11-2-4-13(20)5-3-11)16-17-14(21)6-7-18-9-12(8-15-18)19(22)23/h2-5,8-9,20H,6-7H2,1H3,(H,17,21)/b16-10-. The molecule has 0 atom stereocenters. The van der Waals surface area contributed by atoms with Gasteiger partial charge in [-0.05, 0) is 36.8 Å². The fourth-order valence-electron chi connectivity index (χ4n) is 1.75. The molecule has 0 radical (unpaired) electrons. The van der Waals surface area contributed by atoms with Crippen LogP contribution in [0.5, 0.6) is 5.75 Å². The summed E-state index contributed by atoms with van der Waals surface area (Å²) in [5.74, 6) is -0.180. The molecule has 0 saturated heterocycles. The van der Waals surface area contributed by atoms with Crippen molar-refractivity contribution in [3.8, 4) is 5.75 Å². The Morgan fingerprint density at radius 3 is 2.74 bits per heavy atom. The number of aryl methyl sites for hydroxylation is 1. The molecule has 9 nitrogen and oxygen atoms in total. The number of carbonyl (C=O) groups is 1. The Morgan fingerprint density at radius 1 is 1.43 bits per heavy atom. The molecule has 2 aromatic rings. The maximum atomic E-state index is 11.7. The Bertz CT molecular complexity index is 736. The second-order valence-electron chi connectivity index (χ2n) is 4.75. The highest BCUT2D eigenvalue weighted by Crippen LogP contribution is 2.10. The van der Waals surface area contributed by atoms with Crippen molar-refractivity contribution in [2.45, 2.75) is 19.9 Å². The molecule has 23 heavy (non-hydrogen) atoms. The van der Waals surface area contributed by atoms with Crippen molar-refractivity contribution in [2.24, 2.45) is 5.10 Å². The first-order chi connectivity index (χ1) is 11.0. The molecule has 2 N–H and O–H groups in total. The van der Waals surface area contributed by atoms with Crippen LogP contribution in [-0.4, -0.2) is 31.4 Å². The normalized spacial score (nSPS) is 11.3. The van der Waals surface area contributed by atoms with Crippen molar-refractivity contribution >= 4 is 17.3 Å². The summed E-state index contributed by atoms with van der Waals surface area (Å²) in [7, 11) is 0. The number of nitro groups is 1. The van der Waals surface area contributed by atoms with Crippen LogP contribution in [0.25, 0.3) is 0 Å². The van der Waals surface area contributed by atoms with Gasteiger partial charge in [0.1, 0.15) is 18.1 Å². The quantitative estimate of drug-likeness (QED) is 0.474. The second kappa shape index (κ2) is 7.16. The van der Waals surface area contributed by atoms with Gasteiger partial charge in [-0.15, -0.1) is 0 Å². The monoisotopic (exact) mass is 317 g/mol. The van der Waals surface area contributed by atoms with Gasteiger partial charge in [-0.3, -0.25) is 19.6 Å². The van der Waals surface area contributed by atoms with Crippen LogP contribution in [0.2, 0.25) is 0 Å². The molecule has 1 amide bonds. The van der Waals surface area contributed by atoms with Gasteiger partial charge >= 0.3 is 5.69 Å². The number of phenols is 1. The summed E-state index contributed by atoms with van der Waals surface area (Å²) >= 11 is 0. The van der Waals surface area contributed by atoms with Gasteiger partial charge in [-0.2, -0.15) is 10.2 Å². The zero-order valence-electron chi connectivity index (χ0n) is 12.3. The lowest BCUT2D eigenvalue weighted by Crippen LogP contribution is -2.20. The third kappa shape index (κ3) is 4.63. The number of aromatic hydroxyl groups is 1. The van der Waals surface area contributed by atoms with Crippen LogP contribution in [0.3, 0.4) is 0 Å². The summed E-state index contributed by atoms with van der Waals surface area (Å²) in [5, 5.41) is 27.5. The Morgan fingerprint density at radius 2 is 2.13 bits per heavy atom. The first-order valence-corrected chi connectivity index (χ1v) is 6.75. The zero-order valence-corrected chi connectivity index (χ0v) is 12.3. The number of aromatic nitrogens is 2. The fraction of sp³-hybridized carbons (Fsp3) is 0.214. The van der Waals surface area contributed by atoms with Gasteiger partial charge in [0.15, 0.2) is 0 Å². The molecule has 120 valence electrons. The van der Waals surface area contributed by atoms with E-state index in [1.54, 1.807) is 19.1 Å². The van der Waals surface area contributed by atoms with Crippen LogP contribution in [-0.2, 0) is 11.3 Å². The van der Waals surface area contributed by atoms with E-state index >= 15 is 0 Å². The van der Waals surface area contributed by atoms with Crippen LogP contribution in [0, 0.1) is 10.1 Å². The third-order valence-electron chi connectivity index (χ3n) is 3.03. The van der Waals surface area contributed by atoms with E-state index in [2.05, 4.69) is 15.6 Å².